The highest BCUT2D eigenvalue weighted by Crippen LogP contribution is 2.24. The van der Waals surface area contributed by atoms with Crippen molar-refractivity contribution < 1.29 is 0 Å². The lowest BCUT2D eigenvalue weighted by Crippen LogP contribution is -2.11. The molecule has 78 valence electrons. The van der Waals surface area contributed by atoms with E-state index in [2.05, 4.69) is 16.9 Å². The molecule has 2 aromatic rings. The summed E-state index contributed by atoms with van der Waals surface area (Å²) in [7, 11) is 0. The van der Waals surface area contributed by atoms with Crippen LogP contribution in [0.25, 0.3) is 10.2 Å². The monoisotopic (exact) mass is 238 g/mol. The van der Waals surface area contributed by atoms with Gasteiger partial charge in [-0.1, -0.05) is 17.7 Å². The van der Waals surface area contributed by atoms with Crippen LogP contribution in [0.3, 0.4) is 0 Å². The maximum Gasteiger partial charge on any atom is 0.108 e. The smallest absolute Gasteiger partial charge is 0.108 e. The molecule has 0 unspecified atom stereocenters. The quantitative estimate of drug-likeness (QED) is 0.654. The number of nitrogens with zero attached hydrogens (tertiary/aromatic N) is 1. The second-order valence-electron chi connectivity index (χ2n) is 3.14. The third-order valence-corrected chi connectivity index (χ3v) is 3.23. The number of nitrogens with one attached hydrogen (secondary N) is 1. The van der Waals surface area contributed by atoms with Crippen molar-refractivity contribution in [1.82, 2.24) is 10.3 Å². The van der Waals surface area contributed by atoms with Gasteiger partial charge in [0.05, 0.1) is 10.2 Å². The van der Waals surface area contributed by atoms with Gasteiger partial charge in [0.15, 0.2) is 0 Å². The van der Waals surface area contributed by atoms with Gasteiger partial charge < -0.3 is 5.32 Å². The summed E-state index contributed by atoms with van der Waals surface area (Å²) in [6.45, 7) is 5.23. The Morgan fingerprint density at radius 2 is 2.40 bits per heavy atom. The molecular formula is C11H11ClN2S. The molecule has 1 N–H and O–H groups in total. The van der Waals surface area contributed by atoms with Crippen molar-refractivity contribution in [2.75, 3.05) is 6.54 Å². The first kappa shape index (κ1) is 10.6. The van der Waals surface area contributed by atoms with Gasteiger partial charge in [0.25, 0.3) is 0 Å². The van der Waals surface area contributed by atoms with Gasteiger partial charge in [0, 0.05) is 18.1 Å². The summed E-state index contributed by atoms with van der Waals surface area (Å²) < 4.78 is 1.18. The number of hydrogen-bond acceptors (Lipinski definition) is 3. The lowest BCUT2D eigenvalue weighted by atomic mass is 10.3. The number of benzene rings is 1. The van der Waals surface area contributed by atoms with Crippen LogP contribution in [-0.2, 0) is 6.54 Å². The van der Waals surface area contributed by atoms with Crippen molar-refractivity contribution in [1.29, 1.82) is 0 Å². The molecule has 15 heavy (non-hydrogen) atoms. The number of thiazole rings is 1. The van der Waals surface area contributed by atoms with E-state index in [9.17, 15) is 0 Å². The normalized spacial score (nSPS) is 10.7. The van der Waals surface area contributed by atoms with Crippen LogP contribution < -0.4 is 5.32 Å². The molecule has 0 radical (unpaired) electrons. The molecule has 0 aliphatic heterocycles. The zero-order valence-electron chi connectivity index (χ0n) is 8.16. The van der Waals surface area contributed by atoms with Crippen LogP contribution in [0.1, 0.15) is 5.01 Å². The average molecular weight is 239 g/mol. The summed E-state index contributed by atoms with van der Waals surface area (Å²) >= 11 is 7.58. The van der Waals surface area contributed by atoms with E-state index < -0.39 is 0 Å². The standard InChI is InChI=1S/C11H11ClN2S/c1-2-5-13-7-11-14-9-6-8(12)3-4-10(9)15-11/h2-4,6,13H,1,5,7H2. The first-order valence-corrected chi connectivity index (χ1v) is 5.85. The number of rotatable bonds is 4. The number of fused-ring (bicyclic) bond motifs is 1. The van der Waals surface area contributed by atoms with Crippen molar-refractivity contribution in [3.63, 3.8) is 0 Å². The first-order valence-electron chi connectivity index (χ1n) is 4.66. The van der Waals surface area contributed by atoms with Crippen molar-refractivity contribution in [3.8, 4) is 0 Å². The second kappa shape index (κ2) is 4.75. The Balaban J connectivity index is 2.19. The first-order chi connectivity index (χ1) is 7.29. The molecule has 0 spiro atoms. The van der Waals surface area contributed by atoms with Gasteiger partial charge in [0.2, 0.25) is 0 Å². The molecule has 1 heterocycles. The predicted octanol–water partition coefficient (Wildman–Crippen LogP) is 3.23. The molecule has 2 rings (SSSR count). The third kappa shape index (κ3) is 2.56. The Labute approximate surface area is 97.6 Å². The zero-order chi connectivity index (χ0) is 10.7. The van der Waals surface area contributed by atoms with E-state index >= 15 is 0 Å². The van der Waals surface area contributed by atoms with Gasteiger partial charge in [-0.05, 0) is 18.2 Å². The minimum atomic E-state index is 0.735. The lowest BCUT2D eigenvalue weighted by molar-refractivity contribution is 0.757. The summed E-state index contributed by atoms with van der Waals surface area (Å²) in [5, 5.41) is 5.04. The molecule has 0 atom stereocenters. The highest BCUT2D eigenvalue weighted by Gasteiger charge is 2.03. The van der Waals surface area contributed by atoms with Gasteiger partial charge >= 0.3 is 0 Å². The summed E-state index contributed by atoms with van der Waals surface area (Å²) in [4.78, 5) is 4.48. The Morgan fingerprint density at radius 1 is 1.53 bits per heavy atom. The predicted molar refractivity (Wildman–Crippen MR) is 66.5 cm³/mol. The van der Waals surface area contributed by atoms with E-state index in [0.29, 0.717) is 0 Å². The molecule has 0 amide bonds. The van der Waals surface area contributed by atoms with Gasteiger partial charge in [0.1, 0.15) is 5.01 Å². The van der Waals surface area contributed by atoms with Crippen LogP contribution >= 0.6 is 22.9 Å². The minimum absolute atomic E-state index is 0.735. The molecule has 1 aromatic heterocycles. The van der Waals surface area contributed by atoms with Crippen LogP contribution in [0, 0.1) is 0 Å². The van der Waals surface area contributed by atoms with Gasteiger partial charge in [-0.15, -0.1) is 17.9 Å². The number of hydrogen-bond donors (Lipinski definition) is 1. The van der Waals surface area contributed by atoms with Crippen molar-refractivity contribution in [3.05, 3.63) is 40.9 Å². The van der Waals surface area contributed by atoms with E-state index in [0.717, 1.165) is 28.6 Å². The summed E-state index contributed by atoms with van der Waals surface area (Å²) in [5.74, 6) is 0. The Kier molecular flexibility index (Phi) is 3.36. The van der Waals surface area contributed by atoms with Gasteiger partial charge in [-0.25, -0.2) is 4.98 Å². The van der Waals surface area contributed by atoms with Crippen LogP contribution in [0.2, 0.25) is 5.02 Å². The van der Waals surface area contributed by atoms with E-state index in [1.165, 1.54) is 4.70 Å². The molecule has 4 heteroatoms. The molecule has 0 aliphatic rings. The van der Waals surface area contributed by atoms with Gasteiger partial charge in [-0.2, -0.15) is 0 Å². The van der Waals surface area contributed by atoms with Crippen LogP contribution in [-0.4, -0.2) is 11.5 Å². The molecule has 0 fully saturated rings. The van der Waals surface area contributed by atoms with Crippen LogP contribution in [0.5, 0.6) is 0 Å². The minimum Gasteiger partial charge on any atom is -0.307 e. The summed E-state index contributed by atoms with van der Waals surface area (Å²) in [6, 6.07) is 5.79. The van der Waals surface area contributed by atoms with Crippen LogP contribution in [0.4, 0.5) is 0 Å². The topological polar surface area (TPSA) is 24.9 Å². The Bertz CT molecular complexity index is 478. The van der Waals surface area contributed by atoms with Gasteiger partial charge in [-0.3, -0.25) is 0 Å². The second-order valence-corrected chi connectivity index (χ2v) is 4.69. The fourth-order valence-corrected chi connectivity index (χ4v) is 2.39. The molecule has 0 saturated carbocycles. The van der Waals surface area contributed by atoms with E-state index in [-0.39, 0.29) is 0 Å². The maximum absolute atomic E-state index is 5.89. The highest BCUT2D eigenvalue weighted by atomic mass is 35.5. The van der Waals surface area contributed by atoms with Crippen molar-refractivity contribution >= 4 is 33.2 Å². The zero-order valence-corrected chi connectivity index (χ0v) is 9.74. The fraction of sp³-hybridized carbons (Fsp3) is 0.182. The van der Waals surface area contributed by atoms with Crippen molar-refractivity contribution in [2.45, 2.75) is 6.54 Å². The Morgan fingerprint density at radius 3 is 3.20 bits per heavy atom. The molecule has 2 nitrogen and oxygen atoms in total. The molecule has 0 aliphatic carbocycles. The van der Waals surface area contributed by atoms with E-state index in [1.54, 1.807) is 11.3 Å². The number of halogens is 1. The SMILES string of the molecule is C=CCNCc1nc2cc(Cl)ccc2s1. The third-order valence-electron chi connectivity index (χ3n) is 1.96. The maximum atomic E-state index is 5.89. The Hall–Kier alpha value is -0.900. The molecular weight excluding hydrogens is 228 g/mol. The van der Waals surface area contributed by atoms with E-state index in [1.807, 2.05) is 24.3 Å². The van der Waals surface area contributed by atoms with Crippen LogP contribution in [0.15, 0.2) is 30.9 Å². The highest BCUT2D eigenvalue weighted by molar-refractivity contribution is 7.18. The molecule has 0 bridgehead atoms. The fourth-order valence-electron chi connectivity index (χ4n) is 1.31. The molecule has 0 saturated heterocycles. The average Bonchev–Trinajstić information content (AvgIpc) is 2.60. The molecule has 1 aromatic carbocycles. The van der Waals surface area contributed by atoms with E-state index in [4.69, 9.17) is 11.6 Å². The number of aromatic nitrogens is 1. The lowest BCUT2D eigenvalue weighted by Gasteiger charge is -1.94. The summed E-state index contributed by atoms with van der Waals surface area (Å²) in [6.07, 6.45) is 1.84. The van der Waals surface area contributed by atoms with Crippen molar-refractivity contribution in [2.24, 2.45) is 0 Å². The largest absolute Gasteiger partial charge is 0.307 e. The summed E-state index contributed by atoms with van der Waals surface area (Å²) in [5.41, 5.74) is 0.975.